The van der Waals surface area contributed by atoms with Crippen molar-refractivity contribution in [2.24, 2.45) is 0 Å². The number of thiophene rings is 1. The molecule has 0 atom stereocenters. The summed E-state index contributed by atoms with van der Waals surface area (Å²) < 4.78 is 7.07. The van der Waals surface area contributed by atoms with E-state index in [1.54, 1.807) is 13.0 Å². The van der Waals surface area contributed by atoms with Crippen molar-refractivity contribution in [2.75, 3.05) is 17.7 Å². The Morgan fingerprint density at radius 1 is 1.31 bits per heavy atom. The second-order valence-electron chi connectivity index (χ2n) is 5.55. The summed E-state index contributed by atoms with van der Waals surface area (Å²) in [5, 5.41) is 12.3. The molecule has 0 spiro atoms. The fourth-order valence-electron chi connectivity index (χ4n) is 2.31. The van der Waals surface area contributed by atoms with E-state index in [1.807, 2.05) is 18.4 Å². The molecule has 0 aliphatic heterocycles. The van der Waals surface area contributed by atoms with Crippen LogP contribution in [-0.2, 0) is 22.5 Å². The van der Waals surface area contributed by atoms with Gasteiger partial charge in [0.15, 0.2) is 5.16 Å². The Morgan fingerprint density at radius 2 is 2.08 bits per heavy atom. The van der Waals surface area contributed by atoms with Crippen LogP contribution in [0.4, 0.5) is 5.00 Å². The predicted octanol–water partition coefficient (Wildman–Crippen LogP) is 3.53. The maximum absolute atomic E-state index is 12.4. The van der Waals surface area contributed by atoms with Gasteiger partial charge in [0, 0.05) is 11.4 Å². The largest absolute Gasteiger partial charge is 0.462 e. The normalized spacial score (nSPS) is 10.8. The topological polar surface area (TPSA) is 86.1 Å². The van der Waals surface area contributed by atoms with E-state index in [1.165, 1.54) is 23.1 Å². The number of rotatable bonds is 9. The Labute approximate surface area is 161 Å². The molecule has 0 saturated carbocycles. The molecule has 0 fully saturated rings. The first-order valence-electron chi connectivity index (χ1n) is 8.62. The number of aromatic nitrogens is 3. The number of hydrogen-bond donors (Lipinski definition) is 1. The number of anilines is 1. The minimum absolute atomic E-state index is 0.186. The van der Waals surface area contributed by atoms with Gasteiger partial charge in [0.1, 0.15) is 10.8 Å². The van der Waals surface area contributed by atoms with Crippen LogP contribution in [0.3, 0.4) is 0 Å². The summed E-state index contributed by atoms with van der Waals surface area (Å²) in [7, 11) is 0. The van der Waals surface area contributed by atoms with Crippen molar-refractivity contribution >= 4 is 40.0 Å². The fraction of sp³-hybridized carbons (Fsp3) is 0.529. The number of thioether (sulfide) groups is 1. The Kier molecular flexibility index (Phi) is 7.65. The number of nitrogens with zero attached hydrogens (tertiary/aromatic N) is 3. The van der Waals surface area contributed by atoms with Crippen LogP contribution in [0, 0.1) is 6.92 Å². The molecular formula is C17H24N4O3S2. The molecule has 0 unspecified atom stereocenters. The molecule has 2 rings (SSSR count). The zero-order valence-corrected chi connectivity index (χ0v) is 17.1. The highest BCUT2D eigenvalue weighted by Crippen LogP contribution is 2.29. The number of nitrogens with one attached hydrogen (secondary N) is 1. The average molecular weight is 397 g/mol. The van der Waals surface area contributed by atoms with Gasteiger partial charge < -0.3 is 14.6 Å². The van der Waals surface area contributed by atoms with Gasteiger partial charge in [-0.25, -0.2) is 4.79 Å². The number of amides is 1. The molecule has 0 aliphatic carbocycles. The first kappa shape index (κ1) is 20.4. The summed E-state index contributed by atoms with van der Waals surface area (Å²) >= 11 is 2.74. The van der Waals surface area contributed by atoms with E-state index in [4.69, 9.17) is 4.74 Å². The Bertz CT molecular complexity index is 770. The van der Waals surface area contributed by atoms with Crippen molar-refractivity contribution in [2.45, 2.75) is 52.2 Å². The Morgan fingerprint density at radius 3 is 2.73 bits per heavy atom. The van der Waals surface area contributed by atoms with E-state index in [0.717, 1.165) is 35.2 Å². The van der Waals surface area contributed by atoms with E-state index >= 15 is 0 Å². The summed E-state index contributed by atoms with van der Waals surface area (Å²) in [5.41, 5.74) is 0.414. The molecular weight excluding hydrogens is 372 g/mol. The number of carbonyl (C=O) groups is 2. The highest BCUT2D eigenvalue weighted by Gasteiger charge is 2.19. The first-order valence-corrected chi connectivity index (χ1v) is 10.4. The number of aryl methyl sites for hydroxylation is 2. The van der Waals surface area contributed by atoms with Crippen molar-refractivity contribution in [3.8, 4) is 0 Å². The van der Waals surface area contributed by atoms with E-state index in [-0.39, 0.29) is 11.7 Å². The van der Waals surface area contributed by atoms with Gasteiger partial charge >= 0.3 is 5.97 Å². The molecule has 142 valence electrons. The van der Waals surface area contributed by atoms with Crippen LogP contribution in [-0.4, -0.2) is 39.0 Å². The van der Waals surface area contributed by atoms with E-state index in [9.17, 15) is 9.59 Å². The third kappa shape index (κ3) is 5.07. The van der Waals surface area contributed by atoms with Gasteiger partial charge in [-0.05, 0) is 32.8 Å². The van der Waals surface area contributed by atoms with E-state index in [0.29, 0.717) is 17.2 Å². The van der Waals surface area contributed by atoms with Crippen molar-refractivity contribution < 1.29 is 14.3 Å². The third-order valence-electron chi connectivity index (χ3n) is 3.56. The van der Waals surface area contributed by atoms with Crippen LogP contribution >= 0.6 is 23.1 Å². The van der Waals surface area contributed by atoms with E-state index < -0.39 is 5.97 Å². The van der Waals surface area contributed by atoms with Gasteiger partial charge in [-0.1, -0.05) is 25.6 Å². The summed E-state index contributed by atoms with van der Waals surface area (Å²) in [6, 6.07) is 1.78. The summed E-state index contributed by atoms with van der Waals surface area (Å²) in [5.74, 6) is 0.437. The smallest absolute Gasteiger partial charge is 0.341 e. The van der Waals surface area contributed by atoms with Gasteiger partial charge in [0.05, 0.1) is 17.9 Å². The van der Waals surface area contributed by atoms with Crippen LogP contribution in [0.1, 0.15) is 48.3 Å². The van der Waals surface area contributed by atoms with Gasteiger partial charge in [-0.2, -0.15) is 0 Å². The van der Waals surface area contributed by atoms with Gasteiger partial charge in [-0.3, -0.25) is 4.79 Å². The molecule has 9 heteroatoms. The highest BCUT2D eigenvalue weighted by molar-refractivity contribution is 7.99. The summed E-state index contributed by atoms with van der Waals surface area (Å²) in [4.78, 5) is 25.5. The molecule has 0 radical (unpaired) electrons. The third-order valence-corrected chi connectivity index (χ3v) is 5.72. The first-order chi connectivity index (χ1) is 12.5. The minimum atomic E-state index is -0.412. The number of esters is 1. The zero-order valence-electron chi connectivity index (χ0n) is 15.5. The second kappa shape index (κ2) is 9.72. The lowest BCUT2D eigenvalue weighted by Crippen LogP contribution is -2.16. The average Bonchev–Trinajstić information content (AvgIpc) is 3.18. The van der Waals surface area contributed by atoms with Crippen molar-refractivity contribution in [1.29, 1.82) is 0 Å². The number of hydrogen-bond acceptors (Lipinski definition) is 7. The molecule has 1 amide bonds. The maximum atomic E-state index is 12.4. The molecule has 2 heterocycles. The maximum Gasteiger partial charge on any atom is 0.341 e. The highest BCUT2D eigenvalue weighted by atomic mass is 32.2. The van der Waals surface area contributed by atoms with Crippen LogP contribution in [0.25, 0.3) is 0 Å². The molecule has 7 nitrogen and oxygen atoms in total. The molecule has 2 aromatic rings. The Balaban J connectivity index is 2.04. The van der Waals surface area contributed by atoms with Crippen molar-refractivity contribution in [1.82, 2.24) is 14.8 Å². The second-order valence-corrected chi connectivity index (χ2v) is 7.63. The lowest BCUT2D eigenvalue weighted by Gasteiger charge is -2.07. The standard InChI is InChI=1S/C17H24N4O3S2/c1-5-8-21-11(4)19-20-17(21)25-10-14(22)18-15-13(16(23)24-7-3)9-12(6-2)26-15/h9H,5-8,10H2,1-4H3,(H,18,22). The van der Waals surface area contributed by atoms with Crippen LogP contribution in [0.2, 0.25) is 0 Å². The molecule has 26 heavy (non-hydrogen) atoms. The minimum Gasteiger partial charge on any atom is -0.462 e. The van der Waals surface area contributed by atoms with Crippen LogP contribution in [0.15, 0.2) is 11.2 Å². The SMILES string of the molecule is CCCn1c(C)nnc1SCC(=O)Nc1sc(CC)cc1C(=O)OCC. The van der Waals surface area contributed by atoms with Gasteiger partial charge in [0.2, 0.25) is 5.91 Å². The van der Waals surface area contributed by atoms with Crippen LogP contribution < -0.4 is 5.32 Å². The summed E-state index contributed by atoms with van der Waals surface area (Å²) in [6.45, 7) is 8.86. The quantitative estimate of drug-likeness (QED) is 0.515. The van der Waals surface area contributed by atoms with Crippen molar-refractivity contribution in [3.05, 3.63) is 22.3 Å². The molecule has 1 N–H and O–H groups in total. The lowest BCUT2D eigenvalue weighted by molar-refractivity contribution is -0.113. The van der Waals surface area contributed by atoms with Crippen molar-refractivity contribution in [3.63, 3.8) is 0 Å². The fourth-order valence-corrected chi connectivity index (χ4v) is 4.12. The molecule has 0 aromatic carbocycles. The van der Waals surface area contributed by atoms with Gasteiger partial charge in [-0.15, -0.1) is 21.5 Å². The number of carbonyl (C=O) groups excluding carboxylic acids is 2. The summed E-state index contributed by atoms with van der Waals surface area (Å²) in [6.07, 6.45) is 1.76. The molecule has 0 aliphatic rings. The molecule has 2 aromatic heterocycles. The zero-order chi connectivity index (χ0) is 19.1. The lowest BCUT2D eigenvalue weighted by atomic mass is 10.2. The predicted molar refractivity (Wildman–Crippen MR) is 104 cm³/mol. The van der Waals surface area contributed by atoms with Gasteiger partial charge in [0.25, 0.3) is 0 Å². The Hall–Kier alpha value is -1.87. The molecule has 0 saturated heterocycles. The monoisotopic (exact) mass is 396 g/mol. The van der Waals surface area contributed by atoms with Crippen LogP contribution in [0.5, 0.6) is 0 Å². The van der Waals surface area contributed by atoms with E-state index in [2.05, 4.69) is 22.4 Å². The number of ether oxygens (including phenoxy) is 1. The molecule has 0 bridgehead atoms.